The molecule has 0 saturated carbocycles. The number of alkyl halides is 2. The van der Waals surface area contributed by atoms with Gasteiger partial charge in [0.2, 0.25) is 0 Å². The molecule has 0 atom stereocenters. The van der Waals surface area contributed by atoms with Gasteiger partial charge in [0.1, 0.15) is 11.8 Å². The Labute approximate surface area is 93.9 Å². The standard InChI is InChI=1S/C9H4F2N4O2/c10-9(11)6-3-8(15(16)17)5(1-2-12)7(4-13)14-6/h3,9H,1H2. The van der Waals surface area contributed by atoms with Crippen molar-refractivity contribution >= 4 is 5.69 Å². The van der Waals surface area contributed by atoms with Gasteiger partial charge in [-0.3, -0.25) is 10.1 Å². The molecular formula is C9H4F2N4O2. The van der Waals surface area contributed by atoms with Crippen molar-refractivity contribution in [1.82, 2.24) is 4.98 Å². The van der Waals surface area contributed by atoms with E-state index in [1.807, 2.05) is 0 Å². The molecule has 0 aliphatic carbocycles. The van der Waals surface area contributed by atoms with Crippen molar-refractivity contribution in [3.63, 3.8) is 0 Å². The molecule has 0 saturated heterocycles. The molecule has 0 fully saturated rings. The maximum absolute atomic E-state index is 12.4. The smallest absolute Gasteiger partial charge is 0.258 e. The van der Waals surface area contributed by atoms with E-state index < -0.39 is 34.8 Å². The topological polar surface area (TPSA) is 104 Å². The zero-order valence-corrected chi connectivity index (χ0v) is 8.22. The van der Waals surface area contributed by atoms with Crippen molar-refractivity contribution in [3.8, 4) is 12.1 Å². The van der Waals surface area contributed by atoms with E-state index in [2.05, 4.69) is 4.98 Å². The van der Waals surface area contributed by atoms with Gasteiger partial charge in [-0.25, -0.2) is 13.8 Å². The molecule has 0 amide bonds. The SMILES string of the molecule is N#CCc1c([N+](=O)[O-])cc(C(F)F)nc1C#N. The molecule has 1 rings (SSSR count). The van der Waals surface area contributed by atoms with Crippen molar-refractivity contribution in [2.24, 2.45) is 0 Å². The third kappa shape index (κ3) is 2.49. The molecule has 8 heteroatoms. The molecule has 0 N–H and O–H groups in total. The van der Waals surface area contributed by atoms with Crippen LogP contribution in [0.4, 0.5) is 14.5 Å². The van der Waals surface area contributed by atoms with Gasteiger partial charge >= 0.3 is 0 Å². The summed E-state index contributed by atoms with van der Waals surface area (Å²) in [7, 11) is 0. The Hall–Kier alpha value is -2.61. The van der Waals surface area contributed by atoms with Crippen molar-refractivity contribution < 1.29 is 13.7 Å². The predicted octanol–water partition coefficient (Wildman–Crippen LogP) is 1.87. The average molecular weight is 238 g/mol. The van der Waals surface area contributed by atoms with Crippen molar-refractivity contribution in [2.45, 2.75) is 12.8 Å². The van der Waals surface area contributed by atoms with Crippen molar-refractivity contribution in [1.29, 1.82) is 10.5 Å². The maximum atomic E-state index is 12.4. The largest absolute Gasteiger partial charge is 0.280 e. The molecular weight excluding hydrogens is 234 g/mol. The number of hydrogen-bond acceptors (Lipinski definition) is 5. The fraction of sp³-hybridized carbons (Fsp3) is 0.222. The highest BCUT2D eigenvalue weighted by atomic mass is 19.3. The van der Waals surface area contributed by atoms with Gasteiger partial charge in [-0.1, -0.05) is 0 Å². The zero-order chi connectivity index (χ0) is 13.0. The Kier molecular flexibility index (Phi) is 3.62. The number of aromatic nitrogens is 1. The Morgan fingerprint density at radius 1 is 1.53 bits per heavy atom. The minimum atomic E-state index is -3.02. The van der Waals surface area contributed by atoms with Crippen molar-refractivity contribution in [3.05, 3.63) is 33.1 Å². The molecule has 0 spiro atoms. The first kappa shape index (κ1) is 12.5. The van der Waals surface area contributed by atoms with Gasteiger partial charge in [0.25, 0.3) is 12.1 Å². The first-order valence-corrected chi connectivity index (χ1v) is 4.24. The van der Waals surface area contributed by atoms with E-state index in [1.54, 1.807) is 6.07 Å². The summed E-state index contributed by atoms with van der Waals surface area (Å²) in [6.45, 7) is 0. The molecule has 0 aromatic carbocycles. The molecule has 1 heterocycles. The lowest BCUT2D eigenvalue weighted by atomic mass is 10.1. The molecule has 1 aromatic rings. The van der Waals surface area contributed by atoms with E-state index in [0.717, 1.165) is 0 Å². The van der Waals surface area contributed by atoms with Crippen LogP contribution in [0.1, 0.15) is 23.4 Å². The van der Waals surface area contributed by atoms with E-state index in [-0.39, 0.29) is 5.56 Å². The van der Waals surface area contributed by atoms with Crippen LogP contribution in [0.3, 0.4) is 0 Å². The van der Waals surface area contributed by atoms with Gasteiger partial charge in [-0.05, 0) is 0 Å². The van der Waals surface area contributed by atoms with Crippen LogP contribution in [-0.4, -0.2) is 9.91 Å². The minimum absolute atomic E-state index is 0.246. The van der Waals surface area contributed by atoms with Crippen molar-refractivity contribution in [2.75, 3.05) is 0 Å². The van der Waals surface area contributed by atoms with Gasteiger partial charge in [0.15, 0.2) is 5.69 Å². The lowest BCUT2D eigenvalue weighted by molar-refractivity contribution is -0.385. The molecule has 0 unspecified atom stereocenters. The number of halogens is 2. The van der Waals surface area contributed by atoms with Crippen LogP contribution >= 0.6 is 0 Å². The number of pyridine rings is 1. The van der Waals surface area contributed by atoms with Crippen LogP contribution in [-0.2, 0) is 6.42 Å². The van der Waals surface area contributed by atoms with Crippen LogP contribution in [0.15, 0.2) is 6.07 Å². The second-order valence-electron chi connectivity index (χ2n) is 2.90. The Balaban J connectivity index is 3.54. The van der Waals surface area contributed by atoms with E-state index in [9.17, 15) is 18.9 Å². The van der Waals surface area contributed by atoms with Gasteiger partial charge in [0.05, 0.1) is 23.0 Å². The highest BCUT2D eigenvalue weighted by molar-refractivity contribution is 5.50. The van der Waals surface area contributed by atoms with Gasteiger partial charge in [-0.2, -0.15) is 10.5 Å². The minimum Gasteiger partial charge on any atom is -0.258 e. The van der Waals surface area contributed by atoms with Gasteiger partial charge < -0.3 is 0 Å². The summed E-state index contributed by atoms with van der Waals surface area (Å²) >= 11 is 0. The Morgan fingerprint density at radius 2 is 2.18 bits per heavy atom. The third-order valence-electron chi connectivity index (χ3n) is 1.90. The molecule has 0 aliphatic rings. The zero-order valence-electron chi connectivity index (χ0n) is 8.22. The second kappa shape index (κ2) is 4.94. The highest BCUT2D eigenvalue weighted by Gasteiger charge is 2.23. The van der Waals surface area contributed by atoms with Crippen LogP contribution < -0.4 is 0 Å². The summed E-state index contributed by atoms with van der Waals surface area (Å²) in [6.07, 6.45) is -3.45. The van der Waals surface area contributed by atoms with Crippen LogP contribution in [0.2, 0.25) is 0 Å². The average Bonchev–Trinajstić information content (AvgIpc) is 2.28. The highest BCUT2D eigenvalue weighted by Crippen LogP contribution is 2.27. The number of rotatable bonds is 3. The summed E-state index contributed by atoms with van der Waals surface area (Å²) in [5.74, 6) is 0. The molecule has 0 aliphatic heterocycles. The lowest BCUT2D eigenvalue weighted by Crippen LogP contribution is -2.04. The number of nitrogens with zero attached hydrogens (tertiary/aromatic N) is 4. The fourth-order valence-corrected chi connectivity index (χ4v) is 1.20. The number of hydrogen-bond donors (Lipinski definition) is 0. The second-order valence-corrected chi connectivity index (χ2v) is 2.90. The van der Waals surface area contributed by atoms with E-state index in [4.69, 9.17) is 10.5 Å². The first-order chi connectivity index (χ1) is 8.01. The normalized spacial score (nSPS) is 9.71. The quantitative estimate of drug-likeness (QED) is 0.590. The van der Waals surface area contributed by atoms with Gasteiger partial charge in [-0.15, -0.1) is 0 Å². The van der Waals surface area contributed by atoms with Gasteiger partial charge in [0, 0.05) is 6.07 Å². The van der Waals surface area contributed by atoms with E-state index >= 15 is 0 Å². The van der Waals surface area contributed by atoms with E-state index in [0.29, 0.717) is 6.07 Å². The molecule has 1 aromatic heterocycles. The predicted molar refractivity (Wildman–Crippen MR) is 49.9 cm³/mol. The van der Waals surface area contributed by atoms with E-state index in [1.165, 1.54) is 6.07 Å². The molecule has 17 heavy (non-hydrogen) atoms. The summed E-state index contributed by atoms with van der Waals surface area (Å²) in [6, 6.07) is 3.67. The Morgan fingerprint density at radius 3 is 2.59 bits per heavy atom. The fourth-order valence-electron chi connectivity index (χ4n) is 1.20. The first-order valence-electron chi connectivity index (χ1n) is 4.24. The molecule has 6 nitrogen and oxygen atoms in total. The third-order valence-corrected chi connectivity index (χ3v) is 1.90. The number of nitriles is 2. The summed E-state index contributed by atoms with van der Waals surface area (Å²) in [4.78, 5) is 13.0. The summed E-state index contributed by atoms with van der Waals surface area (Å²) < 4.78 is 24.8. The molecule has 0 bridgehead atoms. The Bertz CT molecular complexity index is 545. The maximum Gasteiger partial charge on any atom is 0.280 e. The molecule has 86 valence electrons. The van der Waals surface area contributed by atoms with Crippen LogP contribution in [0.5, 0.6) is 0 Å². The monoisotopic (exact) mass is 238 g/mol. The molecule has 0 radical (unpaired) electrons. The number of nitro groups is 1. The van der Waals surface area contributed by atoms with Crippen LogP contribution in [0.25, 0.3) is 0 Å². The summed E-state index contributed by atoms with van der Waals surface area (Å²) in [5, 5.41) is 27.8. The van der Waals surface area contributed by atoms with Crippen LogP contribution in [0, 0.1) is 32.8 Å². The lowest BCUT2D eigenvalue weighted by Gasteiger charge is -2.04. The summed E-state index contributed by atoms with van der Waals surface area (Å²) in [5.41, 5.74) is -2.30.